The molecular weight excluding hydrogens is 312 g/mol. The van der Waals surface area contributed by atoms with Crippen LogP contribution in [0.2, 0.25) is 0 Å². The molecule has 4 rings (SSSR count). The Bertz CT molecular complexity index is 870. The van der Waals surface area contributed by atoms with Crippen LogP contribution in [-0.2, 0) is 0 Å². The average molecular weight is 328 g/mol. The summed E-state index contributed by atoms with van der Waals surface area (Å²) < 4.78 is 16.9. The van der Waals surface area contributed by atoms with Gasteiger partial charge in [0.1, 0.15) is 11.3 Å². The number of nitrogens with zero attached hydrogens (tertiary/aromatic N) is 2. The Morgan fingerprint density at radius 3 is 2.39 bits per heavy atom. The zero-order valence-electron chi connectivity index (χ0n) is 13.1. The summed E-state index contributed by atoms with van der Waals surface area (Å²) in [5.41, 5.74) is 1.89. The lowest BCUT2D eigenvalue weighted by Gasteiger charge is -2.22. The van der Waals surface area contributed by atoms with Crippen LogP contribution < -0.4 is 14.2 Å². The molecule has 0 spiro atoms. The second-order valence-corrected chi connectivity index (χ2v) is 7.21. The van der Waals surface area contributed by atoms with Gasteiger partial charge in [0.2, 0.25) is 12.7 Å². The number of benzene rings is 1. The maximum atomic E-state index is 6.05. The van der Waals surface area contributed by atoms with E-state index >= 15 is 0 Å². The molecule has 0 radical (unpaired) electrons. The molecule has 0 atom stereocenters. The summed E-state index contributed by atoms with van der Waals surface area (Å²) in [7, 11) is 0. The van der Waals surface area contributed by atoms with Gasteiger partial charge in [-0.15, -0.1) is 11.3 Å². The third-order valence-electron chi connectivity index (χ3n) is 3.28. The summed E-state index contributed by atoms with van der Waals surface area (Å²) in [5.74, 6) is 1.93. The van der Waals surface area contributed by atoms with Gasteiger partial charge in [0.15, 0.2) is 11.5 Å². The molecule has 5 nitrogen and oxygen atoms in total. The second-order valence-electron chi connectivity index (χ2n) is 6.26. The first-order valence-corrected chi connectivity index (χ1v) is 8.22. The molecule has 0 N–H and O–H groups in total. The van der Waals surface area contributed by atoms with Gasteiger partial charge in [-0.25, -0.2) is 9.97 Å². The van der Waals surface area contributed by atoms with Crippen molar-refractivity contribution >= 4 is 22.4 Å². The van der Waals surface area contributed by atoms with E-state index in [1.165, 1.54) is 0 Å². The Morgan fingerprint density at radius 1 is 1.09 bits per heavy atom. The minimum absolute atomic E-state index is 0.231. The molecule has 0 saturated carbocycles. The van der Waals surface area contributed by atoms with E-state index in [-0.39, 0.29) is 12.4 Å². The van der Waals surface area contributed by atoms with Crippen LogP contribution >= 0.6 is 11.3 Å². The van der Waals surface area contributed by atoms with E-state index in [0.29, 0.717) is 17.4 Å². The van der Waals surface area contributed by atoms with Crippen LogP contribution in [0.3, 0.4) is 0 Å². The lowest BCUT2D eigenvalue weighted by molar-refractivity contribution is 0.125. The van der Waals surface area contributed by atoms with Crippen molar-refractivity contribution in [3.63, 3.8) is 0 Å². The molecule has 6 heteroatoms. The second kappa shape index (κ2) is 5.09. The quantitative estimate of drug-likeness (QED) is 0.703. The van der Waals surface area contributed by atoms with Crippen molar-refractivity contribution in [2.45, 2.75) is 26.4 Å². The fraction of sp³-hybridized carbons (Fsp3) is 0.294. The van der Waals surface area contributed by atoms with E-state index in [4.69, 9.17) is 19.2 Å². The SMILES string of the molecule is CC(C)(C)Oc1nc2cc3c(cc2nc1-c1cccs1)OCO3. The number of ether oxygens (including phenoxy) is 3. The standard InChI is InChI=1S/C17H16N2O3S/c1-17(2,3)22-16-15(14-5-4-6-23-14)18-10-7-12-13(21-9-20-12)8-11(10)19-16/h4-8H,9H2,1-3H3. The van der Waals surface area contributed by atoms with Crippen molar-refractivity contribution in [2.24, 2.45) is 0 Å². The van der Waals surface area contributed by atoms with Gasteiger partial charge in [-0.1, -0.05) is 6.07 Å². The van der Waals surface area contributed by atoms with Crippen LogP contribution in [0.5, 0.6) is 17.4 Å². The van der Waals surface area contributed by atoms with Crippen molar-refractivity contribution in [3.05, 3.63) is 29.6 Å². The summed E-state index contributed by atoms with van der Waals surface area (Å²) in [6.07, 6.45) is 0. The normalized spacial score (nSPS) is 13.5. The van der Waals surface area contributed by atoms with Crippen LogP contribution in [0, 0.1) is 0 Å². The van der Waals surface area contributed by atoms with Crippen LogP contribution in [-0.4, -0.2) is 22.4 Å². The highest BCUT2D eigenvalue weighted by molar-refractivity contribution is 7.13. The lowest BCUT2D eigenvalue weighted by Crippen LogP contribution is -2.24. The Hall–Kier alpha value is -2.34. The van der Waals surface area contributed by atoms with Gasteiger partial charge in [-0.2, -0.15) is 0 Å². The van der Waals surface area contributed by atoms with Gasteiger partial charge >= 0.3 is 0 Å². The Balaban J connectivity index is 1.93. The summed E-state index contributed by atoms with van der Waals surface area (Å²) in [5, 5.41) is 2.02. The number of thiophene rings is 1. The van der Waals surface area contributed by atoms with Gasteiger partial charge in [0, 0.05) is 12.1 Å². The molecule has 0 bridgehead atoms. The monoisotopic (exact) mass is 328 g/mol. The minimum Gasteiger partial charge on any atom is -0.470 e. The first kappa shape index (κ1) is 14.3. The predicted molar refractivity (Wildman–Crippen MR) is 89.4 cm³/mol. The third-order valence-corrected chi connectivity index (χ3v) is 4.16. The minimum atomic E-state index is -0.356. The van der Waals surface area contributed by atoms with Crippen LogP contribution in [0.1, 0.15) is 20.8 Å². The number of aromatic nitrogens is 2. The predicted octanol–water partition coefficient (Wildman–Crippen LogP) is 4.26. The van der Waals surface area contributed by atoms with E-state index in [2.05, 4.69) is 4.98 Å². The molecule has 23 heavy (non-hydrogen) atoms. The molecule has 118 valence electrons. The Kier molecular flexibility index (Phi) is 3.16. The van der Waals surface area contributed by atoms with Crippen LogP contribution in [0.4, 0.5) is 0 Å². The maximum Gasteiger partial charge on any atom is 0.242 e. The molecule has 1 aliphatic rings. The highest BCUT2D eigenvalue weighted by Crippen LogP contribution is 2.38. The van der Waals surface area contributed by atoms with Crippen molar-refractivity contribution in [2.75, 3.05) is 6.79 Å². The van der Waals surface area contributed by atoms with Crippen molar-refractivity contribution in [1.82, 2.24) is 9.97 Å². The molecule has 0 fully saturated rings. The highest BCUT2D eigenvalue weighted by Gasteiger charge is 2.22. The first-order valence-electron chi connectivity index (χ1n) is 7.34. The van der Waals surface area contributed by atoms with Crippen molar-refractivity contribution in [1.29, 1.82) is 0 Å². The van der Waals surface area contributed by atoms with Gasteiger partial charge in [0.25, 0.3) is 0 Å². The Labute approximate surface area is 137 Å². The third kappa shape index (κ3) is 2.70. The summed E-state index contributed by atoms with van der Waals surface area (Å²) >= 11 is 1.61. The largest absolute Gasteiger partial charge is 0.470 e. The zero-order valence-corrected chi connectivity index (χ0v) is 13.9. The number of rotatable bonds is 2. The number of fused-ring (bicyclic) bond motifs is 2. The molecule has 0 saturated heterocycles. The van der Waals surface area contributed by atoms with E-state index < -0.39 is 0 Å². The van der Waals surface area contributed by atoms with Gasteiger partial charge in [0.05, 0.1) is 15.9 Å². The molecule has 3 aromatic rings. The fourth-order valence-corrected chi connectivity index (χ4v) is 3.07. The van der Waals surface area contributed by atoms with E-state index in [0.717, 1.165) is 21.6 Å². The molecule has 1 aromatic carbocycles. The molecule has 3 heterocycles. The zero-order chi connectivity index (χ0) is 16.0. The molecular formula is C17H16N2O3S. The number of hydrogen-bond donors (Lipinski definition) is 0. The van der Waals surface area contributed by atoms with Crippen LogP contribution in [0.25, 0.3) is 21.6 Å². The molecule has 0 aliphatic carbocycles. The van der Waals surface area contributed by atoms with E-state index in [1.807, 2.05) is 50.4 Å². The summed E-state index contributed by atoms with van der Waals surface area (Å²) in [6.45, 7) is 6.22. The van der Waals surface area contributed by atoms with Gasteiger partial charge in [-0.3, -0.25) is 0 Å². The molecule has 0 unspecified atom stereocenters. The lowest BCUT2D eigenvalue weighted by atomic mass is 10.2. The summed E-state index contributed by atoms with van der Waals surface area (Å²) in [6, 6.07) is 7.72. The number of hydrogen-bond acceptors (Lipinski definition) is 6. The molecule has 0 amide bonds. The van der Waals surface area contributed by atoms with E-state index in [9.17, 15) is 0 Å². The smallest absolute Gasteiger partial charge is 0.242 e. The first-order chi connectivity index (χ1) is 11.0. The highest BCUT2D eigenvalue weighted by atomic mass is 32.1. The van der Waals surface area contributed by atoms with Crippen LogP contribution in [0.15, 0.2) is 29.6 Å². The molecule has 2 aromatic heterocycles. The van der Waals surface area contributed by atoms with Crippen molar-refractivity contribution < 1.29 is 14.2 Å². The van der Waals surface area contributed by atoms with Gasteiger partial charge in [-0.05, 0) is 32.2 Å². The maximum absolute atomic E-state index is 6.05. The fourth-order valence-electron chi connectivity index (χ4n) is 2.37. The topological polar surface area (TPSA) is 53.5 Å². The average Bonchev–Trinajstić information content (AvgIpc) is 3.13. The Morgan fingerprint density at radius 2 is 1.78 bits per heavy atom. The van der Waals surface area contributed by atoms with Gasteiger partial charge < -0.3 is 14.2 Å². The summed E-state index contributed by atoms with van der Waals surface area (Å²) in [4.78, 5) is 10.5. The van der Waals surface area contributed by atoms with E-state index in [1.54, 1.807) is 11.3 Å². The van der Waals surface area contributed by atoms with Crippen molar-refractivity contribution in [3.8, 4) is 28.0 Å². The molecule has 1 aliphatic heterocycles.